The summed E-state index contributed by atoms with van der Waals surface area (Å²) in [6, 6.07) is 15.3. The van der Waals surface area contributed by atoms with E-state index >= 15 is 0 Å². The van der Waals surface area contributed by atoms with Gasteiger partial charge in [-0.2, -0.15) is 0 Å². The molecule has 1 aliphatic carbocycles. The second-order valence-corrected chi connectivity index (χ2v) is 13.1. The fourth-order valence-electron chi connectivity index (χ4n) is 5.20. The summed E-state index contributed by atoms with van der Waals surface area (Å²) in [7, 11) is 1.62. The highest BCUT2D eigenvalue weighted by Crippen LogP contribution is 2.42. The van der Waals surface area contributed by atoms with E-state index in [0.29, 0.717) is 22.5 Å². The van der Waals surface area contributed by atoms with Crippen LogP contribution in [0.3, 0.4) is 0 Å². The molecule has 0 bridgehead atoms. The van der Waals surface area contributed by atoms with Crippen molar-refractivity contribution in [1.29, 1.82) is 0 Å². The lowest BCUT2D eigenvalue weighted by Gasteiger charge is -2.33. The first-order valence-corrected chi connectivity index (χ1v) is 15.2. The number of aryl methyl sites for hydroxylation is 2. The maximum Gasteiger partial charge on any atom is 0.267 e. The average Bonchev–Trinajstić information content (AvgIpc) is 3.29. The molecule has 1 atom stereocenters. The number of methoxy groups -OCH3 is 1. The number of carbonyl (C=O) groups is 1. The molecular formula is C31H35N3O3S2. The predicted octanol–water partition coefficient (Wildman–Crippen LogP) is 6.90. The second kappa shape index (κ2) is 11.2. The van der Waals surface area contributed by atoms with Gasteiger partial charge in [-0.25, -0.2) is 4.98 Å². The van der Waals surface area contributed by atoms with Gasteiger partial charge >= 0.3 is 0 Å². The summed E-state index contributed by atoms with van der Waals surface area (Å²) in [5.74, 6) is 1.29. The number of thiophene rings is 1. The Bertz CT molecular complexity index is 1570. The minimum atomic E-state index is -0.137. The molecule has 0 radical (unpaired) electrons. The van der Waals surface area contributed by atoms with Crippen LogP contribution in [0.2, 0.25) is 0 Å². The van der Waals surface area contributed by atoms with Gasteiger partial charge in [0.15, 0.2) is 5.16 Å². The van der Waals surface area contributed by atoms with Crippen LogP contribution in [0.15, 0.2) is 58.5 Å². The fourth-order valence-corrected chi connectivity index (χ4v) is 7.35. The summed E-state index contributed by atoms with van der Waals surface area (Å²) in [6.45, 7) is 8.97. The number of anilines is 1. The number of hydrogen-bond acceptors (Lipinski definition) is 6. The third kappa shape index (κ3) is 5.77. The van der Waals surface area contributed by atoms with Gasteiger partial charge < -0.3 is 10.1 Å². The van der Waals surface area contributed by atoms with Gasteiger partial charge in [-0.15, -0.1) is 11.3 Å². The van der Waals surface area contributed by atoms with E-state index in [4.69, 9.17) is 9.72 Å². The lowest BCUT2D eigenvalue weighted by molar-refractivity contribution is -0.113. The van der Waals surface area contributed by atoms with E-state index in [2.05, 4.69) is 33.0 Å². The summed E-state index contributed by atoms with van der Waals surface area (Å²) in [5, 5.41) is 4.22. The van der Waals surface area contributed by atoms with E-state index in [1.807, 2.05) is 48.5 Å². The first-order valence-electron chi connectivity index (χ1n) is 13.4. The van der Waals surface area contributed by atoms with E-state index < -0.39 is 0 Å². The average molecular weight is 562 g/mol. The van der Waals surface area contributed by atoms with Gasteiger partial charge in [0.05, 0.1) is 23.9 Å². The number of benzene rings is 2. The number of aromatic nitrogens is 2. The van der Waals surface area contributed by atoms with Gasteiger partial charge in [-0.3, -0.25) is 14.2 Å². The zero-order chi connectivity index (χ0) is 27.7. The Hall–Kier alpha value is -3.10. The van der Waals surface area contributed by atoms with Crippen molar-refractivity contribution < 1.29 is 9.53 Å². The fraction of sp³-hybridized carbons (Fsp3) is 0.387. The van der Waals surface area contributed by atoms with Crippen LogP contribution in [0.5, 0.6) is 5.75 Å². The van der Waals surface area contributed by atoms with Crippen molar-refractivity contribution in [3.8, 4) is 11.4 Å². The van der Waals surface area contributed by atoms with E-state index in [0.717, 1.165) is 52.7 Å². The lowest BCUT2D eigenvalue weighted by Crippen LogP contribution is -2.27. The third-order valence-corrected chi connectivity index (χ3v) is 9.65. The van der Waals surface area contributed by atoms with Crippen LogP contribution in [0.4, 0.5) is 5.69 Å². The molecule has 5 rings (SSSR count). The van der Waals surface area contributed by atoms with E-state index in [-0.39, 0.29) is 22.6 Å². The maximum absolute atomic E-state index is 14.1. The van der Waals surface area contributed by atoms with Crippen LogP contribution in [-0.4, -0.2) is 28.3 Å². The number of carbonyl (C=O) groups excluding carboxylic acids is 1. The smallest absolute Gasteiger partial charge is 0.267 e. The van der Waals surface area contributed by atoms with Crippen molar-refractivity contribution in [1.82, 2.24) is 9.55 Å². The zero-order valence-electron chi connectivity index (χ0n) is 23.2. The standard InChI is InChI=1S/C31H35N3O3S2/c1-6-19-8-7-9-21(16-19)32-26(35)18-38-30-33-28-27(24-15-10-20(31(2,3)4)17-25(24)39-28)29(36)34(30)22-11-13-23(37-5)14-12-22/h7-9,11-14,16,20H,6,10,15,17-18H2,1-5H3,(H,32,35)/t20-/m1/s1. The Morgan fingerprint density at radius 2 is 1.97 bits per heavy atom. The number of nitrogens with zero attached hydrogens (tertiary/aromatic N) is 2. The monoisotopic (exact) mass is 561 g/mol. The van der Waals surface area contributed by atoms with E-state index in [9.17, 15) is 9.59 Å². The maximum atomic E-state index is 14.1. The highest BCUT2D eigenvalue weighted by atomic mass is 32.2. The number of nitrogens with one attached hydrogen (secondary N) is 1. The van der Waals surface area contributed by atoms with Crippen molar-refractivity contribution in [2.24, 2.45) is 11.3 Å². The van der Waals surface area contributed by atoms with Crippen LogP contribution < -0.4 is 15.6 Å². The minimum Gasteiger partial charge on any atom is -0.497 e. The number of ether oxygens (including phenoxy) is 1. The molecule has 4 aromatic rings. The molecule has 2 aromatic carbocycles. The quantitative estimate of drug-likeness (QED) is 0.196. The van der Waals surface area contributed by atoms with Gasteiger partial charge in [0, 0.05) is 10.6 Å². The van der Waals surface area contributed by atoms with Crippen LogP contribution in [0, 0.1) is 11.3 Å². The molecule has 2 heterocycles. The molecule has 1 aliphatic rings. The van der Waals surface area contributed by atoms with Crippen molar-refractivity contribution >= 4 is 44.9 Å². The number of thioether (sulfide) groups is 1. The van der Waals surface area contributed by atoms with E-state index in [1.54, 1.807) is 23.0 Å². The number of amides is 1. The van der Waals surface area contributed by atoms with E-state index in [1.165, 1.54) is 16.6 Å². The first-order chi connectivity index (χ1) is 18.7. The van der Waals surface area contributed by atoms with Gasteiger partial charge in [0.25, 0.3) is 5.56 Å². The van der Waals surface area contributed by atoms with Crippen LogP contribution in [0.1, 0.15) is 50.1 Å². The van der Waals surface area contributed by atoms with Crippen molar-refractivity contribution in [2.75, 3.05) is 18.2 Å². The first kappa shape index (κ1) is 27.5. The number of rotatable bonds is 7. The molecule has 0 spiro atoms. The highest BCUT2D eigenvalue weighted by Gasteiger charge is 2.32. The molecule has 8 heteroatoms. The summed E-state index contributed by atoms with van der Waals surface area (Å²) >= 11 is 2.92. The van der Waals surface area contributed by atoms with Crippen molar-refractivity contribution in [3.63, 3.8) is 0 Å². The third-order valence-electron chi connectivity index (χ3n) is 7.56. The largest absolute Gasteiger partial charge is 0.497 e. The Morgan fingerprint density at radius 1 is 1.21 bits per heavy atom. The van der Waals surface area contributed by atoms with Crippen molar-refractivity contribution in [3.05, 3.63) is 74.9 Å². The Morgan fingerprint density at radius 3 is 2.67 bits per heavy atom. The number of hydrogen-bond donors (Lipinski definition) is 1. The molecule has 1 amide bonds. The summed E-state index contributed by atoms with van der Waals surface area (Å²) in [6.07, 6.45) is 3.84. The SMILES string of the molecule is CCc1cccc(NC(=O)CSc2nc3sc4c(c3c(=O)n2-c2ccc(OC)cc2)CC[C@@H](C(C)(C)C)C4)c1. The predicted molar refractivity (Wildman–Crippen MR) is 162 cm³/mol. The van der Waals surface area contributed by atoms with Gasteiger partial charge in [0.2, 0.25) is 5.91 Å². The Balaban J connectivity index is 1.51. The Labute approximate surface area is 237 Å². The molecule has 0 unspecified atom stereocenters. The molecule has 39 heavy (non-hydrogen) atoms. The van der Waals surface area contributed by atoms with Gasteiger partial charge in [0.1, 0.15) is 10.6 Å². The molecular weight excluding hydrogens is 526 g/mol. The van der Waals surface area contributed by atoms with Crippen LogP contribution in [-0.2, 0) is 24.1 Å². The highest BCUT2D eigenvalue weighted by molar-refractivity contribution is 7.99. The molecule has 0 saturated carbocycles. The summed E-state index contributed by atoms with van der Waals surface area (Å²) in [5.41, 5.74) is 3.94. The molecule has 0 aliphatic heterocycles. The normalized spacial score (nSPS) is 15.3. The summed E-state index contributed by atoms with van der Waals surface area (Å²) in [4.78, 5) is 34.0. The second-order valence-electron chi connectivity index (χ2n) is 11.1. The molecule has 2 aromatic heterocycles. The van der Waals surface area contributed by atoms with Gasteiger partial charge in [-0.05, 0) is 84.5 Å². The molecule has 0 saturated heterocycles. The summed E-state index contributed by atoms with van der Waals surface area (Å²) < 4.78 is 6.98. The van der Waals surface area contributed by atoms with Crippen LogP contribution >= 0.6 is 23.1 Å². The molecule has 0 fully saturated rings. The molecule has 204 valence electrons. The molecule has 6 nitrogen and oxygen atoms in total. The van der Waals surface area contributed by atoms with Gasteiger partial charge in [-0.1, -0.05) is 51.6 Å². The number of fused-ring (bicyclic) bond motifs is 3. The lowest BCUT2D eigenvalue weighted by atomic mass is 9.72. The van der Waals surface area contributed by atoms with Crippen LogP contribution in [0.25, 0.3) is 15.9 Å². The zero-order valence-corrected chi connectivity index (χ0v) is 24.8. The molecule has 1 N–H and O–H groups in total. The minimum absolute atomic E-state index is 0.0737. The Kier molecular flexibility index (Phi) is 7.87. The topological polar surface area (TPSA) is 73.2 Å². The van der Waals surface area contributed by atoms with Crippen molar-refractivity contribution in [2.45, 2.75) is 58.5 Å².